The Kier molecular flexibility index (Phi) is 60.4. The van der Waals surface area contributed by atoms with Gasteiger partial charge in [0.2, 0.25) is 5.91 Å². The maximum absolute atomic E-state index is 13.0. The van der Waals surface area contributed by atoms with Gasteiger partial charge in [0, 0.05) is 6.42 Å². The summed E-state index contributed by atoms with van der Waals surface area (Å²) in [6.45, 7) is 4.83. The molecule has 0 rings (SSSR count). The number of aliphatic hydroxyl groups excluding tert-OH is 1. The van der Waals surface area contributed by atoms with Crippen molar-refractivity contribution in [1.29, 1.82) is 0 Å². The van der Waals surface area contributed by atoms with Gasteiger partial charge in [-0.25, -0.2) is 4.57 Å². The van der Waals surface area contributed by atoms with Gasteiger partial charge in [-0.2, -0.15) is 0 Å². The summed E-state index contributed by atoms with van der Waals surface area (Å²) in [5, 5.41) is 14.0. The first kappa shape index (κ1) is 78.2. The molecule has 0 aromatic rings. The minimum absolute atomic E-state index is 0.0531. The van der Waals surface area contributed by atoms with Crippen LogP contribution < -0.4 is 5.32 Å². The molecule has 0 spiro atoms. The molecule has 0 bridgehead atoms. The molecule has 0 aliphatic carbocycles. The number of carbonyl (C=O) groups excluding carboxylic acids is 1. The standard InChI is InChI=1S/C71H135N2O6P/c1-6-8-10-12-14-16-18-20-22-24-26-28-29-30-31-32-33-34-35-36-37-38-39-40-41-42-43-45-47-49-51-53-55-57-59-61-63-65-71(75)72-69(68-79-80(76,77)78-67-66-73(3,4)5)70(74)64-62-60-58-56-54-52-50-48-46-44-27-25-23-21-19-17-15-13-11-9-7-2/h31-32,34-35,46,48,54,56,62,64,69-70,74H,6-30,33,36-45,47,49-53,55,57-61,63,65-68H2,1-5H3,(H-,72,75,76,77)/p+1/b32-31-,35-34-,48-46+,56-54+,64-62+. The van der Waals surface area contributed by atoms with E-state index in [1.54, 1.807) is 6.08 Å². The highest BCUT2D eigenvalue weighted by molar-refractivity contribution is 7.47. The highest BCUT2D eigenvalue weighted by atomic mass is 31.2. The molecule has 3 N–H and O–H groups in total. The van der Waals surface area contributed by atoms with Gasteiger partial charge in [0.25, 0.3) is 0 Å². The summed E-state index contributed by atoms with van der Waals surface area (Å²) in [6, 6.07) is -0.872. The van der Waals surface area contributed by atoms with E-state index >= 15 is 0 Å². The van der Waals surface area contributed by atoms with Crippen LogP contribution in [0.1, 0.15) is 335 Å². The average molecular weight is 1140 g/mol. The van der Waals surface area contributed by atoms with E-state index in [1.807, 2.05) is 27.2 Å². The van der Waals surface area contributed by atoms with Gasteiger partial charge in [-0.3, -0.25) is 13.8 Å². The van der Waals surface area contributed by atoms with Crippen LogP contribution in [0.25, 0.3) is 0 Å². The van der Waals surface area contributed by atoms with Crippen LogP contribution in [-0.2, 0) is 18.4 Å². The molecular weight excluding hydrogens is 1010 g/mol. The summed E-state index contributed by atoms with van der Waals surface area (Å²) >= 11 is 0. The van der Waals surface area contributed by atoms with Crippen molar-refractivity contribution in [1.82, 2.24) is 5.32 Å². The molecule has 0 fully saturated rings. The molecule has 3 atom stereocenters. The zero-order chi connectivity index (χ0) is 58.4. The van der Waals surface area contributed by atoms with Crippen LogP contribution in [0.2, 0.25) is 0 Å². The van der Waals surface area contributed by atoms with E-state index in [0.717, 1.165) is 51.4 Å². The topological polar surface area (TPSA) is 105 Å². The Balaban J connectivity index is 4.04. The Morgan fingerprint density at radius 1 is 0.425 bits per heavy atom. The number of likely N-dealkylation sites (N-methyl/N-ethyl adjacent to an activating group) is 1. The summed E-state index contributed by atoms with van der Waals surface area (Å²) < 4.78 is 23.8. The third kappa shape index (κ3) is 63.8. The van der Waals surface area contributed by atoms with E-state index < -0.39 is 20.0 Å². The Bertz CT molecular complexity index is 1490. The largest absolute Gasteiger partial charge is 0.472 e. The molecule has 1 amide bonds. The van der Waals surface area contributed by atoms with Crippen molar-refractivity contribution in [2.45, 2.75) is 347 Å². The van der Waals surface area contributed by atoms with Gasteiger partial charge >= 0.3 is 7.82 Å². The lowest BCUT2D eigenvalue weighted by molar-refractivity contribution is -0.870. The fraction of sp³-hybridized carbons (Fsp3) is 0.845. The lowest BCUT2D eigenvalue weighted by Crippen LogP contribution is -2.45. The molecule has 3 unspecified atom stereocenters. The van der Waals surface area contributed by atoms with Crippen LogP contribution in [0, 0.1) is 0 Å². The van der Waals surface area contributed by atoms with Gasteiger partial charge < -0.3 is 19.8 Å². The molecule has 470 valence electrons. The van der Waals surface area contributed by atoms with Crippen molar-refractivity contribution in [2.75, 3.05) is 40.9 Å². The number of rotatable bonds is 64. The minimum Gasteiger partial charge on any atom is -0.387 e. The van der Waals surface area contributed by atoms with Crippen LogP contribution >= 0.6 is 7.82 Å². The second kappa shape index (κ2) is 61.8. The predicted octanol–water partition coefficient (Wildman–Crippen LogP) is 22.0. The second-order valence-electron chi connectivity index (χ2n) is 24.9. The SMILES string of the molecule is CCCCCCCCCCCCC/C=C/CC/C=C/CC/C=C/C(O)C(COP(=O)(O)OCC[N+](C)(C)C)NC(=O)CCCCCCCCCCCCCCCCCCC/C=C\C/C=C\CCCCCCCCCCCCCCC. The molecule has 0 aromatic heterocycles. The van der Waals surface area contributed by atoms with E-state index in [1.165, 1.54) is 263 Å². The van der Waals surface area contributed by atoms with Crippen molar-refractivity contribution >= 4 is 13.7 Å². The van der Waals surface area contributed by atoms with E-state index in [-0.39, 0.29) is 19.1 Å². The van der Waals surface area contributed by atoms with Crippen LogP contribution in [-0.4, -0.2) is 73.4 Å². The Labute approximate surface area is 498 Å². The number of hydrogen-bond acceptors (Lipinski definition) is 5. The molecular formula is C71H136N2O6P+. The molecule has 0 aliphatic heterocycles. The normalized spacial score (nSPS) is 14.0. The van der Waals surface area contributed by atoms with Crippen LogP contribution in [0.15, 0.2) is 60.8 Å². The number of quaternary nitrogens is 1. The fourth-order valence-electron chi connectivity index (χ4n) is 10.3. The number of amides is 1. The summed E-state index contributed by atoms with van der Waals surface area (Å²) in [5.41, 5.74) is 0. The Morgan fingerprint density at radius 3 is 1.07 bits per heavy atom. The monoisotopic (exact) mass is 1140 g/mol. The number of hydrogen-bond donors (Lipinski definition) is 3. The van der Waals surface area contributed by atoms with Gasteiger partial charge in [0.15, 0.2) is 0 Å². The zero-order valence-electron chi connectivity index (χ0n) is 53.8. The summed E-state index contributed by atoms with van der Waals surface area (Å²) in [6.07, 6.45) is 85.2. The van der Waals surface area contributed by atoms with Crippen molar-refractivity contribution in [3.8, 4) is 0 Å². The van der Waals surface area contributed by atoms with Crippen LogP contribution in [0.4, 0.5) is 0 Å². The van der Waals surface area contributed by atoms with E-state index in [2.05, 4.69) is 67.8 Å². The first-order valence-corrected chi connectivity index (χ1v) is 36.2. The first-order valence-electron chi connectivity index (χ1n) is 34.7. The van der Waals surface area contributed by atoms with Gasteiger partial charge in [-0.05, 0) is 77.0 Å². The lowest BCUT2D eigenvalue weighted by atomic mass is 10.0. The molecule has 0 aromatic carbocycles. The third-order valence-electron chi connectivity index (χ3n) is 15.7. The van der Waals surface area contributed by atoms with Gasteiger partial charge in [0.05, 0.1) is 39.9 Å². The number of phosphoric acid groups is 1. The summed E-state index contributed by atoms with van der Waals surface area (Å²) in [5.74, 6) is -0.187. The molecule has 9 heteroatoms. The first-order chi connectivity index (χ1) is 39.0. The minimum atomic E-state index is -4.36. The molecule has 0 saturated carbocycles. The number of nitrogens with one attached hydrogen (secondary N) is 1. The number of allylic oxidation sites excluding steroid dienone is 9. The smallest absolute Gasteiger partial charge is 0.387 e. The highest BCUT2D eigenvalue weighted by Gasteiger charge is 2.28. The average Bonchev–Trinajstić information content (AvgIpc) is 3.42. The highest BCUT2D eigenvalue weighted by Crippen LogP contribution is 2.43. The second-order valence-corrected chi connectivity index (χ2v) is 26.3. The Hall–Kier alpha value is -1.80. The predicted molar refractivity (Wildman–Crippen MR) is 350 cm³/mol. The van der Waals surface area contributed by atoms with Gasteiger partial charge in [-0.15, -0.1) is 0 Å². The lowest BCUT2D eigenvalue weighted by Gasteiger charge is -2.25. The number of aliphatic hydroxyl groups is 1. The summed E-state index contributed by atoms with van der Waals surface area (Å²) in [4.78, 5) is 23.4. The van der Waals surface area contributed by atoms with Crippen LogP contribution in [0.5, 0.6) is 0 Å². The Morgan fingerprint density at radius 2 is 0.725 bits per heavy atom. The maximum atomic E-state index is 13.0. The van der Waals surface area contributed by atoms with Crippen LogP contribution in [0.3, 0.4) is 0 Å². The molecule has 8 nitrogen and oxygen atoms in total. The van der Waals surface area contributed by atoms with Gasteiger partial charge in [0.1, 0.15) is 13.2 Å². The third-order valence-corrected chi connectivity index (χ3v) is 16.7. The zero-order valence-corrected chi connectivity index (χ0v) is 54.7. The van der Waals surface area contributed by atoms with Crippen molar-refractivity contribution in [3.05, 3.63) is 60.8 Å². The van der Waals surface area contributed by atoms with E-state index in [9.17, 15) is 19.4 Å². The van der Waals surface area contributed by atoms with Gasteiger partial charge in [-0.1, -0.05) is 312 Å². The molecule has 0 aliphatic rings. The number of nitrogens with zero attached hydrogens (tertiary/aromatic N) is 1. The van der Waals surface area contributed by atoms with Crippen molar-refractivity contribution in [3.63, 3.8) is 0 Å². The van der Waals surface area contributed by atoms with Crippen molar-refractivity contribution < 1.29 is 32.9 Å². The molecule has 0 saturated heterocycles. The molecule has 0 radical (unpaired) electrons. The number of phosphoric ester groups is 1. The quantitative estimate of drug-likeness (QED) is 0.0243. The van der Waals surface area contributed by atoms with E-state index in [4.69, 9.17) is 9.05 Å². The van der Waals surface area contributed by atoms with Crippen molar-refractivity contribution in [2.24, 2.45) is 0 Å². The molecule has 0 heterocycles. The molecule has 80 heavy (non-hydrogen) atoms. The summed E-state index contributed by atoms with van der Waals surface area (Å²) in [7, 11) is 1.55. The number of carbonyl (C=O) groups is 1. The van der Waals surface area contributed by atoms with E-state index in [0.29, 0.717) is 17.4 Å². The maximum Gasteiger partial charge on any atom is 0.472 e. The number of unbranched alkanes of at least 4 members (excludes halogenated alkanes) is 43. The fourth-order valence-corrected chi connectivity index (χ4v) is 11.0.